The molecule has 1 aromatic rings. The van der Waals surface area contributed by atoms with Gasteiger partial charge in [-0.2, -0.15) is 0 Å². The van der Waals surface area contributed by atoms with E-state index in [9.17, 15) is 13.4 Å². The van der Waals surface area contributed by atoms with E-state index in [1.54, 1.807) is 0 Å². The Morgan fingerprint density at radius 2 is 2.35 bits per heavy atom. The topological polar surface area (TPSA) is 63.6 Å². The van der Waals surface area contributed by atoms with Crippen LogP contribution in [0.4, 0.5) is 4.39 Å². The lowest BCUT2D eigenvalue weighted by Crippen LogP contribution is -2.25. The highest BCUT2D eigenvalue weighted by atomic mass is 32.2. The molecule has 1 aliphatic heterocycles. The second-order valence-electron chi connectivity index (χ2n) is 3.84. The molecule has 0 aromatic heterocycles. The number of ether oxygens (including phenoxy) is 1. The Hall–Kier alpha value is -1.43. The molecule has 2 atom stereocenters. The van der Waals surface area contributed by atoms with Gasteiger partial charge in [-0.05, 0) is 18.2 Å². The Bertz CT molecular complexity index is 475. The Morgan fingerprint density at radius 3 is 3.06 bits per heavy atom. The standard InChI is InChI=1S/C11H11FO4S/c12-8-1-2-10-7(3-8)4-9(16-10)5-17(15)6-11(13)14/h1-3,9H,4-6H2,(H,13,14). The zero-order valence-corrected chi connectivity index (χ0v) is 9.71. The average Bonchev–Trinajstić information content (AvgIpc) is 2.57. The molecule has 0 aliphatic carbocycles. The predicted molar refractivity (Wildman–Crippen MR) is 60.0 cm³/mol. The zero-order valence-electron chi connectivity index (χ0n) is 8.89. The summed E-state index contributed by atoms with van der Waals surface area (Å²) in [6.07, 6.45) is 0.144. The van der Waals surface area contributed by atoms with Crippen LogP contribution in [0, 0.1) is 5.82 Å². The largest absolute Gasteiger partial charge is 0.489 e. The third-order valence-electron chi connectivity index (χ3n) is 2.42. The highest BCUT2D eigenvalue weighted by molar-refractivity contribution is 7.85. The highest BCUT2D eigenvalue weighted by Gasteiger charge is 2.25. The maximum atomic E-state index is 12.9. The SMILES string of the molecule is O=C(O)CS(=O)CC1Cc2cc(F)ccc2O1. The fourth-order valence-corrected chi connectivity index (χ4v) is 2.78. The molecule has 1 aromatic carbocycles. The van der Waals surface area contributed by atoms with E-state index in [0.717, 1.165) is 5.56 Å². The Morgan fingerprint density at radius 1 is 1.59 bits per heavy atom. The van der Waals surface area contributed by atoms with E-state index in [0.29, 0.717) is 12.2 Å². The summed E-state index contributed by atoms with van der Waals surface area (Å²) in [6.45, 7) is 0. The third-order valence-corrected chi connectivity index (χ3v) is 3.73. The summed E-state index contributed by atoms with van der Waals surface area (Å²) in [5.74, 6) is -1.07. The summed E-state index contributed by atoms with van der Waals surface area (Å²) in [5, 5.41) is 8.48. The number of benzene rings is 1. The normalized spacial score (nSPS) is 19.5. The Kier molecular flexibility index (Phi) is 3.42. The monoisotopic (exact) mass is 258 g/mol. The van der Waals surface area contributed by atoms with Crippen LogP contribution in [0.3, 0.4) is 0 Å². The molecule has 92 valence electrons. The van der Waals surface area contributed by atoms with Crippen LogP contribution in [0.1, 0.15) is 5.56 Å². The van der Waals surface area contributed by atoms with Gasteiger partial charge in [-0.3, -0.25) is 9.00 Å². The summed E-state index contributed by atoms with van der Waals surface area (Å²) in [7, 11) is -1.45. The molecule has 0 saturated carbocycles. The molecule has 0 fully saturated rings. The van der Waals surface area contributed by atoms with E-state index in [4.69, 9.17) is 9.84 Å². The van der Waals surface area contributed by atoms with Crippen molar-refractivity contribution in [3.05, 3.63) is 29.6 Å². The van der Waals surface area contributed by atoms with Crippen molar-refractivity contribution in [1.29, 1.82) is 0 Å². The van der Waals surface area contributed by atoms with E-state index in [2.05, 4.69) is 0 Å². The van der Waals surface area contributed by atoms with Crippen molar-refractivity contribution in [3.8, 4) is 5.75 Å². The summed E-state index contributed by atoms with van der Waals surface area (Å²) < 4.78 is 29.8. The number of halogens is 1. The summed E-state index contributed by atoms with van der Waals surface area (Å²) in [6, 6.07) is 4.22. The summed E-state index contributed by atoms with van der Waals surface area (Å²) in [5.41, 5.74) is 0.738. The van der Waals surface area contributed by atoms with Crippen molar-refractivity contribution < 1.29 is 23.2 Å². The van der Waals surface area contributed by atoms with Crippen molar-refractivity contribution >= 4 is 16.8 Å². The van der Waals surface area contributed by atoms with Gasteiger partial charge >= 0.3 is 5.97 Å². The molecule has 2 rings (SSSR count). The van der Waals surface area contributed by atoms with Gasteiger partial charge in [-0.25, -0.2) is 4.39 Å². The molecule has 0 saturated heterocycles. The number of aliphatic carboxylic acids is 1. The van der Waals surface area contributed by atoms with Gasteiger partial charge in [0, 0.05) is 22.8 Å². The van der Waals surface area contributed by atoms with Crippen LogP contribution in [0.15, 0.2) is 18.2 Å². The van der Waals surface area contributed by atoms with Crippen LogP contribution in [-0.4, -0.2) is 32.9 Å². The number of carboxylic acids is 1. The van der Waals surface area contributed by atoms with Gasteiger partial charge in [-0.15, -0.1) is 0 Å². The zero-order chi connectivity index (χ0) is 12.4. The van der Waals surface area contributed by atoms with Gasteiger partial charge in [-0.1, -0.05) is 0 Å². The van der Waals surface area contributed by atoms with Crippen molar-refractivity contribution in [1.82, 2.24) is 0 Å². The molecule has 4 nitrogen and oxygen atoms in total. The predicted octanol–water partition coefficient (Wildman–Crippen LogP) is 0.962. The maximum absolute atomic E-state index is 12.9. The molecule has 1 aliphatic rings. The highest BCUT2D eigenvalue weighted by Crippen LogP contribution is 2.29. The average molecular weight is 258 g/mol. The van der Waals surface area contributed by atoms with Crippen molar-refractivity contribution in [2.45, 2.75) is 12.5 Å². The fraction of sp³-hybridized carbons (Fsp3) is 0.364. The van der Waals surface area contributed by atoms with Crippen LogP contribution in [0.2, 0.25) is 0 Å². The molecule has 0 amide bonds. The fourth-order valence-electron chi connectivity index (χ4n) is 1.79. The summed E-state index contributed by atoms with van der Waals surface area (Å²) in [4.78, 5) is 10.4. The van der Waals surface area contributed by atoms with Crippen LogP contribution in [0.5, 0.6) is 5.75 Å². The van der Waals surface area contributed by atoms with Crippen LogP contribution >= 0.6 is 0 Å². The van der Waals surface area contributed by atoms with Gasteiger partial charge in [0.2, 0.25) is 0 Å². The van der Waals surface area contributed by atoms with Crippen molar-refractivity contribution in [3.63, 3.8) is 0 Å². The Labute approximate surface area is 99.9 Å². The Balaban J connectivity index is 1.96. The number of fused-ring (bicyclic) bond motifs is 1. The number of hydrogen-bond donors (Lipinski definition) is 1. The molecular formula is C11H11FO4S. The second-order valence-corrected chi connectivity index (χ2v) is 5.34. The maximum Gasteiger partial charge on any atom is 0.316 e. The van der Waals surface area contributed by atoms with Crippen LogP contribution < -0.4 is 4.74 Å². The molecule has 1 heterocycles. The number of carboxylic acid groups (broad SMARTS) is 1. The first-order valence-electron chi connectivity index (χ1n) is 5.06. The lowest BCUT2D eigenvalue weighted by Gasteiger charge is -2.08. The van der Waals surface area contributed by atoms with E-state index in [-0.39, 0.29) is 23.4 Å². The number of hydrogen-bond acceptors (Lipinski definition) is 3. The van der Waals surface area contributed by atoms with Crippen molar-refractivity contribution in [2.24, 2.45) is 0 Å². The minimum absolute atomic E-state index is 0.155. The van der Waals surface area contributed by atoms with Crippen LogP contribution in [-0.2, 0) is 22.0 Å². The molecule has 0 bridgehead atoms. The molecular weight excluding hydrogens is 247 g/mol. The lowest BCUT2D eigenvalue weighted by atomic mass is 10.1. The smallest absolute Gasteiger partial charge is 0.316 e. The van der Waals surface area contributed by atoms with Gasteiger partial charge < -0.3 is 9.84 Å². The van der Waals surface area contributed by atoms with E-state index in [1.165, 1.54) is 18.2 Å². The first-order chi connectivity index (χ1) is 8.04. The van der Waals surface area contributed by atoms with Gasteiger partial charge in [0.15, 0.2) is 0 Å². The quantitative estimate of drug-likeness (QED) is 0.873. The molecule has 1 N–H and O–H groups in total. The minimum atomic E-state index is -1.45. The molecule has 17 heavy (non-hydrogen) atoms. The first kappa shape index (κ1) is 12.0. The van der Waals surface area contributed by atoms with Crippen molar-refractivity contribution in [2.75, 3.05) is 11.5 Å². The second kappa shape index (κ2) is 4.83. The lowest BCUT2D eigenvalue weighted by molar-refractivity contribution is -0.133. The van der Waals surface area contributed by atoms with Crippen LogP contribution in [0.25, 0.3) is 0 Å². The molecule has 6 heteroatoms. The minimum Gasteiger partial charge on any atom is -0.489 e. The molecule has 2 unspecified atom stereocenters. The molecule has 0 spiro atoms. The van der Waals surface area contributed by atoms with Gasteiger partial charge in [0.1, 0.15) is 23.4 Å². The first-order valence-corrected chi connectivity index (χ1v) is 6.55. The van der Waals surface area contributed by atoms with E-state index >= 15 is 0 Å². The molecule has 0 radical (unpaired) electrons. The van der Waals surface area contributed by atoms with E-state index < -0.39 is 16.8 Å². The summed E-state index contributed by atoms with van der Waals surface area (Å²) >= 11 is 0. The van der Waals surface area contributed by atoms with Gasteiger partial charge in [0.05, 0.1) is 5.75 Å². The van der Waals surface area contributed by atoms with E-state index in [1.807, 2.05) is 0 Å². The van der Waals surface area contributed by atoms with Gasteiger partial charge in [0.25, 0.3) is 0 Å². The number of carbonyl (C=O) groups is 1. The number of rotatable bonds is 4. The third kappa shape index (κ3) is 3.03.